The number of likely N-dealkylation sites (tertiary alicyclic amines) is 1. The van der Waals surface area contributed by atoms with Crippen molar-refractivity contribution in [2.75, 3.05) is 44.4 Å². The second kappa shape index (κ2) is 21.6. The first kappa shape index (κ1) is 54.1. The molecule has 22 heteroatoms. The third-order valence-corrected chi connectivity index (χ3v) is 18.7. The SMILES string of the molecule is Cc1ncsc1-c1ccc([C@H](CO)NC(=O)[C@@H]2C[C@@H](O)CN2C(=O)C(C(C)C)n2cc3c(n2)c(=O)[nH]c2cc(COc4c(-c5c(C)c(F)cc6[nH]ncc56)c(C5CC5)cc5c(N6C[C@@H]7C[C@H]6CN7)nc(OC6CCOCC6)nc45)ccc23)cc1. The van der Waals surface area contributed by atoms with Gasteiger partial charge in [0.05, 0.1) is 59.8 Å². The molecule has 0 spiro atoms. The quantitative estimate of drug-likeness (QED) is 0.0540. The van der Waals surface area contributed by atoms with Gasteiger partial charge in [0.25, 0.3) is 5.56 Å². The van der Waals surface area contributed by atoms with Gasteiger partial charge in [-0.1, -0.05) is 50.2 Å². The number of nitrogens with one attached hydrogen (secondary N) is 4. The summed E-state index contributed by atoms with van der Waals surface area (Å²) in [5, 5.41) is 42.9. The van der Waals surface area contributed by atoms with Crippen molar-refractivity contribution in [3.8, 4) is 33.3 Å². The number of hydrogen-bond acceptors (Lipinski definition) is 16. The Hall–Kier alpha value is -7.89. The Labute approximate surface area is 485 Å². The number of β-amino-alcohol motifs (C(OH)–C–C–N with tert-alkyl or cyclic N) is 1. The molecule has 1 aliphatic carbocycles. The number of nitrogens with zero attached hydrogens (tertiary/aromatic N) is 8. The molecule has 5 fully saturated rings. The number of H-pyrrole nitrogens is 2. The summed E-state index contributed by atoms with van der Waals surface area (Å²) < 4.78 is 37.3. The molecule has 6 atom stereocenters. The minimum absolute atomic E-state index is 0.00190. The van der Waals surface area contributed by atoms with E-state index in [1.165, 1.54) is 27.0 Å². The van der Waals surface area contributed by atoms with Gasteiger partial charge in [0.1, 0.15) is 41.9 Å². The fourth-order valence-electron chi connectivity index (χ4n) is 13.2. The molecule has 434 valence electrons. The highest BCUT2D eigenvalue weighted by Crippen LogP contribution is 2.54. The van der Waals surface area contributed by atoms with E-state index in [4.69, 9.17) is 29.3 Å². The number of anilines is 1. The lowest BCUT2D eigenvalue weighted by Gasteiger charge is -2.31. The summed E-state index contributed by atoms with van der Waals surface area (Å²) in [5.41, 5.74) is 9.24. The van der Waals surface area contributed by atoms with Crippen LogP contribution in [0.2, 0.25) is 0 Å². The number of halogens is 1. The molecule has 1 saturated carbocycles. The fourth-order valence-corrected chi connectivity index (χ4v) is 14.0. The van der Waals surface area contributed by atoms with Gasteiger partial charge >= 0.3 is 6.01 Å². The first-order valence-electron chi connectivity index (χ1n) is 29.1. The summed E-state index contributed by atoms with van der Waals surface area (Å²) >= 11 is 1.53. The van der Waals surface area contributed by atoms with Gasteiger partial charge in [-0.05, 0) is 91.0 Å². The number of aryl methyl sites for hydroxylation is 1. The molecule has 0 radical (unpaired) electrons. The Morgan fingerprint density at radius 1 is 0.940 bits per heavy atom. The maximum absolute atomic E-state index is 16.2. The van der Waals surface area contributed by atoms with Crippen LogP contribution in [0, 0.1) is 25.6 Å². The molecule has 1 unspecified atom stereocenters. The minimum atomic E-state index is -1.04. The van der Waals surface area contributed by atoms with E-state index in [1.807, 2.05) is 63.2 Å². The lowest BCUT2D eigenvalue weighted by Crippen LogP contribution is -2.50. The number of amides is 2. The Morgan fingerprint density at radius 3 is 2.49 bits per heavy atom. The van der Waals surface area contributed by atoms with Crippen LogP contribution in [0.15, 0.2) is 77.3 Å². The molecule has 2 amide bonds. The summed E-state index contributed by atoms with van der Waals surface area (Å²) in [6, 6.07) is 15.0. The third-order valence-electron chi connectivity index (χ3n) is 17.7. The number of aliphatic hydroxyl groups excluding tert-OH is 2. The zero-order valence-corrected chi connectivity index (χ0v) is 47.8. The molecule has 4 aliphatic heterocycles. The van der Waals surface area contributed by atoms with Crippen LogP contribution in [0.25, 0.3) is 65.2 Å². The highest BCUT2D eigenvalue weighted by Gasteiger charge is 2.44. The summed E-state index contributed by atoms with van der Waals surface area (Å²) in [7, 11) is 0. The van der Waals surface area contributed by atoms with Crippen molar-refractivity contribution in [3.05, 3.63) is 117 Å². The fraction of sp³-hybridized carbons (Fsp3) is 0.419. The summed E-state index contributed by atoms with van der Waals surface area (Å²) in [6.07, 6.45) is 6.61. The second-order valence-electron chi connectivity index (χ2n) is 23.6. The number of carbonyl (C=O) groups excluding carboxylic acids is 2. The van der Waals surface area contributed by atoms with E-state index >= 15 is 4.39 Å². The van der Waals surface area contributed by atoms with Gasteiger partial charge in [0.15, 0.2) is 11.3 Å². The number of carbonyl (C=O) groups is 2. The summed E-state index contributed by atoms with van der Waals surface area (Å²) in [5.74, 6) is -0.260. The molecule has 9 heterocycles. The van der Waals surface area contributed by atoms with Gasteiger partial charge in [0, 0.05) is 95.4 Å². The molecule has 2 bridgehead atoms. The van der Waals surface area contributed by atoms with Crippen LogP contribution >= 0.6 is 11.3 Å². The molecule has 5 aromatic heterocycles. The average molecular weight is 1160 g/mol. The van der Waals surface area contributed by atoms with Crippen LogP contribution in [-0.2, 0) is 20.9 Å². The van der Waals surface area contributed by atoms with E-state index in [2.05, 4.69) is 41.8 Å². The Bertz CT molecular complexity index is 4120. The standard InChI is InChI=1S/C62H65FN12O8S/c1-30(2)55(61(80)74-25-39(77)19-50(74)59(78)68-49(27-76)35-8-10-36(11-9-35)57-32(4)65-29-84-57)75-26-45-41-12-5-33(17-47(41)67-60(79)54(45)72-75)28-82-56-52(51-31(3)46(63)21-48-44(51)23-66-71-48)42(34-6-7-34)20-43-53(56)69-62(83-40-13-15-81-16-14-40)70-58(43)73-24-37-18-38(73)22-64-37/h5,8-12,17,20-21,23,26,29-30,34,37-40,49-50,55,64,76-77H,6-7,13-16,18-19,22,24-25,27-28H2,1-4H3,(H,66,71)(H,67,79)(H,68,78)/t37-,38-,39+,49-,50-,55?/m0/s1. The maximum atomic E-state index is 16.2. The first-order valence-corrected chi connectivity index (χ1v) is 30.0. The van der Waals surface area contributed by atoms with E-state index in [9.17, 15) is 24.6 Å². The molecule has 6 N–H and O–H groups in total. The monoisotopic (exact) mass is 1160 g/mol. The van der Waals surface area contributed by atoms with E-state index in [0.717, 1.165) is 81.8 Å². The van der Waals surface area contributed by atoms with Gasteiger partial charge in [-0.2, -0.15) is 20.2 Å². The Morgan fingerprint density at radius 2 is 1.76 bits per heavy atom. The van der Waals surface area contributed by atoms with Gasteiger partial charge in [-0.25, -0.2) is 9.37 Å². The van der Waals surface area contributed by atoms with Crippen molar-refractivity contribution < 1.29 is 38.4 Å². The Kier molecular flexibility index (Phi) is 13.9. The number of piperazine rings is 1. The predicted molar refractivity (Wildman–Crippen MR) is 316 cm³/mol. The molecule has 5 aliphatic rings. The number of ether oxygens (including phenoxy) is 3. The molecule has 4 saturated heterocycles. The van der Waals surface area contributed by atoms with Gasteiger partial charge < -0.3 is 49.8 Å². The van der Waals surface area contributed by atoms with Crippen LogP contribution in [0.5, 0.6) is 11.8 Å². The van der Waals surface area contributed by atoms with Crippen molar-refractivity contribution in [2.24, 2.45) is 5.92 Å². The topological polar surface area (TPSA) is 251 Å². The lowest BCUT2D eigenvalue weighted by molar-refractivity contribution is -0.142. The zero-order chi connectivity index (χ0) is 57.7. The highest BCUT2D eigenvalue weighted by atomic mass is 32.1. The summed E-state index contributed by atoms with van der Waals surface area (Å²) in [6.45, 7) is 9.78. The van der Waals surface area contributed by atoms with E-state index in [-0.39, 0.29) is 67.5 Å². The number of rotatable bonds is 16. The van der Waals surface area contributed by atoms with Crippen LogP contribution < -0.4 is 30.6 Å². The number of fused-ring (bicyclic) bond motifs is 7. The number of aliphatic hydroxyl groups is 2. The summed E-state index contributed by atoms with van der Waals surface area (Å²) in [4.78, 5) is 65.8. The first-order chi connectivity index (χ1) is 40.8. The van der Waals surface area contributed by atoms with Crippen molar-refractivity contribution in [1.82, 2.24) is 55.4 Å². The van der Waals surface area contributed by atoms with E-state index in [0.29, 0.717) is 81.9 Å². The van der Waals surface area contributed by atoms with Crippen molar-refractivity contribution in [3.63, 3.8) is 0 Å². The van der Waals surface area contributed by atoms with Crippen LogP contribution in [-0.4, -0.2) is 137 Å². The molecule has 20 nitrogen and oxygen atoms in total. The molecule has 9 aromatic rings. The number of aromatic nitrogens is 8. The van der Waals surface area contributed by atoms with Gasteiger partial charge in [0.2, 0.25) is 11.8 Å². The predicted octanol–water partition coefficient (Wildman–Crippen LogP) is 7.82. The number of aromatic amines is 2. The number of benzene rings is 4. The Balaban J connectivity index is 0.798. The van der Waals surface area contributed by atoms with Crippen LogP contribution in [0.4, 0.5) is 10.2 Å². The lowest BCUT2D eigenvalue weighted by atomic mass is 9.88. The van der Waals surface area contributed by atoms with E-state index < -0.39 is 41.6 Å². The van der Waals surface area contributed by atoms with Gasteiger partial charge in [-0.15, -0.1) is 11.3 Å². The third kappa shape index (κ3) is 9.70. The van der Waals surface area contributed by atoms with Crippen molar-refractivity contribution in [1.29, 1.82) is 0 Å². The maximum Gasteiger partial charge on any atom is 0.319 e. The zero-order valence-electron chi connectivity index (χ0n) is 47.0. The number of hydrogen-bond donors (Lipinski definition) is 6. The van der Waals surface area contributed by atoms with Crippen molar-refractivity contribution in [2.45, 2.75) is 121 Å². The van der Waals surface area contributed by atoms with Crippen LogP contribution in [0.3, 0.4) is 0 Å². The van der Waals surface area contributed by atoms with E-state index in [1.54, 1.807) is 24.8 Å². The molecule has 84 heavy (non-hydrogen) atoms. The number of thiazole rings is 1. The largest absolute Gasteiger partial charge is 0.486 e. The van der Waals surface area contributed by atoms with Crippen molar-refractivity contribution >= 4 is 72.6 Å². The average Bonchev–Trinajstić information content (AvgIpc) is 2.21. The second-order valence-corrected chi connectivity index (χ2v) is 24.5. The molecular formula is C62H65FN12O8S. The highest BCUT2D eigenvalue weighted by molar-refractivity contribution is 7.13. The minimum Gasteiger partial charge on any atom is -0.486 e. The number of pyridine rings is 1. The van der Waals surface area contributed by atoms with Crippen LogP contribution in [0.1, 0.15) is 98.3 Å². The normalized spacial score (nSPS) is 20.8. The molecule has 4 aromatic carbocycles. The van der Waals surface area contributed by atoms with Gasteiger partial charge in [-0.3, -0.25) is 24.2 Å². The molecule has 14 rings (SSSR count). The smallest absolute Gasteiger partial charge is 0.319 e. The molecular weight excluding hydrogens is 1090 g/mol.